The molecule has 2 aromatic carbocycles. The van der Waals surface area contributed by atoms with Crippen LogP contribution in [-0.2, 0) is 4.79 Å². The molecule has 0 spiro atoms. The van der Waals surface area contributed by atoms with Gasteiger partial charge in [-0.25, -0.2) is 0 Å². The van der Waals surface area contributed by atoms with Crippen LogP contribution >= 0.6 is 0 Å². The number of nitrogens with zero attached hydrogens (tertiary/aromatic N) is 5. The van der Waals surface area contributed by atoms with Crippen LogP contribution in [0.25, 0.3) is 0 Å². The fourth-order valence-corrected chi connectivity index (χ4v) is 4.85. The zero-order valence-corrected chi connectivity index (χ0v) is 19.7. The maximum atomic E-state index is 13.1. The molecule has 2 aliphatic rings. The number of carbonyl (C=O) groups excluding carboxylic acids is 1. The van der Waals surface area contributed by atoms with Gasteiger partial charge in [-0.2, -0.15) is 5.26 Å². The molecule has 4 rings (SSSR count). The van der Waals surface area contributed by atoms with Gasteiger partial charge in [0.15, 0.2) is 0 Å². The maximum Gasteiger partial charge on any atom is 0.266 e. The summed E-state index contributed by atoms with van der Waals surface area (Å²) in [5.41, 5.74) is 8.37. The van der Waals surface area contributed by atoms with E-state index in [0.29, 0.717) is 19.6 Å². The number of hydrogen-bond donors (Lipinski definition) is 1. The van der Waals surface area contributed by atoms with Crippen molar-refractivity contribution in [3.8, 4) is 6.07 Å². The highest BCUT2D eigenvalue weighted by atomic mass is 16.2. The Labute approximate surface area is 202 Å². The molecule has 2 heterocycles. The van der Waals surface area contributed by atoms with Crippen molar-refractivity contribution in [2.24, 2.45) is 5.73 Å². The standard InChI is InChI=1S/C27H34N6O/c28-11-12-30-13-15-31(16-14-30)22-25(21-29)27(34)33-19-17-32(18-20-33)26(23-7-3-1-4-8-23)24-9-5-2-6-10-24/h1-10,22,26H,11-20,28H2/b25-22-. The molecule has 0 radical (unpaired) electrons. The van der Waals surface area contributed by atoms with E-state index < -0.39 is 0 Å². The highest BCUT2D eigenvalue weighted by Gasteiger charge is 2.29. The number of nitriles is 1. The summed E-state index contributed by atoms with van der Waals surface area (Å²) in [5.74, 6) is -0.164. The molecule has 0 atom stereocenters. The molecule has 2 aliphatic heterocycles. The summed E-state index contributed by atoms with van der Waals surface area (Å²) in [6.45, 7) is 7.70. The molecule has 7 heteroatoms. The third-order valence-corrected chi connectivity index (χ3v) is 6.71. The monoisotopic (exact) mass is 458 g/mol. The molecule has 7 nitrogen and oxygen atoms in total. The predicted octanol–water partition coefficient (Wildman–Crippen LogP) is 1.90. The van der Waals surface area contributed by atoms with Gasteiger partial charge in [0.1, 0.15) is 11.6 Å². The first kappa shape index (κ1) is 24.0. The molecule has 2 fully saturated rings. The average Bonchev–Trinajstić information content (AvgIpc) is 2.90. The number of piperazine rings is 2. The fraction of sp³-hybridized carbons (Fsp3) is 0.407. The lowest BCUT2D eigenvalue weighted by molar-refractivity contribution is -0.128. The Bertz CT molecular complexity index is 947. The van der Waals surface area contributed by atoms with Gasteiger partial charge in [-0.1, -0.05) is 60.7 Å². The number of carbonyl (C=O) groups is 1. The minimum atomic E-state index is -0.164. The lowest BCUT2D eigenvalue weighted by atomic mass is 9.96. The van der Waals surface area contributed by atoms with Crippen LogP contribution in [0.3, 0.4) is 0 Å². The van der Waals surface area contributed by atoms with E-state index in [1.807, 2.05) is 17.0 Å². The summed E-state index contributed by atoms with van der Waals surface area (Å²) >= 11 is 0. The van der Waals surface area contributed by atoms with Crippen LogP contribution in [0.2, 0.25) is 0 Å². The third-order valence-electron chi connectivity index (χ3n) is 6.71. The van der Waals surface area contributed by atoms with Gasteiger partial charge in [-0.05, 0) is 11.1 Å². The molecule has 178 valence electrons. The SMILES string of the molecule is N#C/C(=C/N1CCN(CCN)CC1)C(=O)N1CCN(C(c2ccccc2)c2ccccc2)CC1. The molecule has 0 saturated carbocycles. The first-order valence-corrected chi connectivity index (χ1v) is 12.1. The summed E-state index contributed by atoms with van der Waals surface area (Å²) < 4.78 is 0. The van der Waals surface area contributed by atoms with Crippen molar-refractivity contribution in [3.63, 3.8) is 0 Å². The third kappa shape index (κ3) is 5.84. The Morgan fingerprint density at radius 3 is 1.94 bits per heavy atom. The lowest BCUT2D eigenvalue weighted by Gasteiger charge is -2.40. The van der Waals surface area contributed by atoms with E-state index in [1.165, 1.54) is 11.1 Å². The topological polar surface area (TPSA) is 79.8 Å². The molecule has 2 N–H and O–H groups in total. The Balaban J connectivity index is 1.40. The molecule has 1 amide bonds. The number of nitrogens with two attached hydrogens (primary N) is 1. The molecule has 0 unspecified atom stereocenters. The van der Waals surface area contributed by atoms with Crippen LogP contribution < -0.4 is 5.73 Å². The molecule has 2 aromatic rings. The van der Waals surface area contributed by atoms with Crippen LogP contribution in [0.5, 0.6) is 0 Å². The van der Waals surface area contributed by atoms with E-state index in [1.54, 1.807) is 6.20 Å². The summed E-state index contributed by atoms with van der Waals surface area (Å²) in [4.78, 5) is 21.8. The Kier molecular flexibility index (Phi) is 8.31. The van der Waals surface area contributed by atoms with Gasteiger partial charge in [0.05, 0.1) is 6.04 Å². The van der Waals surface area contributed by atoms with Gasteiger partial charge in [-0.15, -0.1) is 0 Å². The van der Waals surface area contributed by atoms with Gasteiger partial charge in [-0.3, -0.25) is 14.6 Å². The molecular formula is C27H34N6O. The maximum absolute atomic E-state index is 13.1. The minimum absolute atomic E-state index is 0.149. The van der Waals surface area contributed by atoms with E-state index >= 15 is 0 Å². The Morgan fingerprint density at radius 2 is 1.44 bits per heavy atom. The average molecular weight is 459 g/mol. The summed E-state index contributed by atoms with van der Waals surface area (Å²) in [7, 11) is 0. The summed E-state index contributed by atoms with van der Waals surface area (Å²) in [6.07, 6.45) is 1.76. The lowest BCUT2D eigenvalue weighted by Crippen LogP contribution is -2.50. The van der Waals surface area contributed by atoms with Crippen LogP contribution in [0.4, 0.5) is 0 Å². The number of rotatable bonds is 7. The van der Waals surface area contributed by atoms with Gasteiger partial charge >= 0.3 is 0 Å². The van der Waals surface area contributed by atoms with E-state index in [4.69, 9.17) is 5.73 Å². The van der Waals surface area contributed by atoms with Crippen molar-refractivity contribution < 1.29 is 4.79 Å². The predicted molar refractivity (Wildman–Crippen MR) is 134 cm³/mol. The second-order valence-electron chi connectivity index (χ2n) is 8.87. The van der Waals surface area contributed by atoms with Crippen LogP contribution in [0, 0.1) is 11.3 Å². The van der Waals surface area contributed by atoms with E-state index in [-0.39, 0.29) is 17.5 Å². The Hall–Kier alpha value is -3.18. The van der Waals surface area contributed by atoms with E-state index in [9.17, 15) is 10.1 Å². The van der Waals surface area contributed by atoms with Crippen molar-refractivity contribution in [2.75, 3.05) is 65.4 Å². The molecule has 2 saturated heterocycles. The molecule has 34 heavy (non-hydrogen) atoms. The van der Waals surface area contributed by atoms with Crippen molar-refractivity contribution in [1.82, 2.24) is 19.6 Å². The highest BCUT2D eigenvalue weighted by molar-refractivity contribution is 5.97. The second kappa shape index (κ2) is 11.8. The van der Waals surface area contributed by atoms with Crippen molar-refractivity contribution >= 4 is 5.91 Å². The molecular weight excluding hydrogens is 424 g/mol. The van der Waals surface area contributed by atoms with Crippen LogP contribution in [0.15, 0.2) is 72.4 Å². The quantitative estimate of drug-likeness (QED) is 0.504. The van der Waals surface area contributed by atoms with Gasteiger partial charge in [0.25, 0.3) is 5.91 Å². The molecule has 0 bridgehead atoms. The smallest absolute Gasteiger partial charge is 0.266 e. The normalized spacial score (nSPS) is 18.2. The van der Waals surface area contributed by atoms with Crippen molar-refractivity contribution in [1.29, 1.82) is 5.26 Å². The first-order valence-electron chi connectivity index (χ1n) is 12.1. The van der Waals surface area contributed by atoms with Crippen molar-refractivity contribution in [3.05, 3.63) is 83.6 Å². The highest BCUT2D eigenvalue weighted by Crippen LogP contribution is 2.29. The fourth-order valence-electron chi connectivity index (χ4n) is 4.85. The van der Waals surface area contributed by atoms with Crippen LogP contribution in [0.1, 0.15) is 17.2 Å². The summed E-state index contributed by atoms with van der Waals surface area (Å²) in [6, 6.07) is 23.3. The number of benzene rings is 2. The largest absolute Gasteiger partial charge is 0.374 e. The van der Waals surface area contributed by atoms with Crippen molar-refractivity contribution in [2.45, 2.75) is 6.04 Å². The second-order valence-corrected chi connectivity index (χ2v) is 8.87. The summed E-state index contributed by atoms with van der Waals surface area (Å²) in [5, 5.41) is 9.70. The van der Waals surface area contributed by atoms with Crippen LogP contribution in [-0.4, -0.2) is 91.0 Å². The van der Waals surface area contributed by atoms with E-state index in [2.05, 4.69) is 69.3 Å². The number of amides is 1. The van der Waals surface area contributed by atoms with Gasteiger partial charge in [0, 0.05) is 71.6 Å². The first-order chi connectivity index (χ1) is 16.7. The minimum Gasteiger partial charge on any atom is -0.374 e. The zero-order valence-electron chi connectivity index (χ0n) is 19.7. The van der Waals surface area contributed by atoms with Gasteiger partial charge < -0.3 is 15.5 Å². The molecule has 0 aromatic heterocycles. The zero-order chi connectivity index (χ0) is 23.8. The van der Waals surface area contributed by atoms with E-state index in [0.717, 1.165) is 45.8 Å². The Morgan fingerprint density at radius 1 is 0.882 bits per heavy atom. The number of hydrogen-bond acceptors (Lipinski definition) is 6. The molecule has 0 aliphatic carbocycles. The van der Waals surface area contributed by atoms with Gasteiger partial charge in [0.2, 0.25) is 0 Å².